The first-order chi connectivity index (χ1) is 7.37. The Morgan fingerprint density at radius 2 is 1.94 bits per heavy atom. The Bertz CT molecular complexity index is 282. The molecule has 0 unspecified atom stereocenters. The van der Waals surface area contributed by atoms with E-state index in [9.17, 15) is 9.59 Å². The number of carboxylic acid groups (broad SMARTS) is 1. The minimum absolute atomic E-state index is 0.0456. The number of hydrogen-bond acceptors (Lipinski definition) is 2. The first kappa shape index (κ1) is 13.0. The number of rotatable bonds is 5. The van der Waals surface area contributed by atoms with E-state index < -0.39 is 11.4 Å². The molecule has 0 heterocycles. The Balaban J connectivity index is 2.53. The molecule has 1 rings (SSSR count). The van der Waals surface area contributed by atoms with Gasteiger partial charge in [-0.15, -0.1) is 0 Å². The molecule has 1 aliphatic rings. The lowest BCUT2D eigenvalue weighted by atomic mass is 9.66. The van der Waals surface area contributed by atoms with Gasteiger partial charge in [0.25, 0.3) is 0 Å². The van der Waals surface area contributed by atoms with Crippen LogP contribution in [0.5, 0.6) is 0 Å². The van der Waals surface area contributed by atoms with E-state index in [2.05, 4.69) is 0 Å². The lowest BCUT2D eigenvalue weighted by molar-refractivity contribution is -0.159. The van der Waals surface area contributed by atoms with Gasteiger partial charge in [-0.05, 0) is 18.8 Å². The fourth-order valence-corrected chi connectivity index (χ4v) is 2.14. The zero-order valence-corrected chi connectivity index (χ0v) is 10.3. The predicted molar refractivity (Wildman–Crippen MR) is 61.0 cm³/mol. The fraction of sp³-hybridized carbons (Fsp3) is 0.833. The number of aliphatic carboxylic acids is 1. The molecule has 16 heavy (non-hydrogen) atoms. The Morgan fingerprint density at radius 1 is 1.38 bits per heavy atom. The van der Waals surface area contributed by atoms with Crippen LogP contribution in [0, 0.1) is 11.3 Å². The van der Waals surface area contributed by atoms with E-state index in [0.29, 0.717) is 25.3 Å². The van der Waals surface area contributed by atoms with E-state index in [1.54, 1.807) is 11.9 Å². The highest BCUT2D eigenvalue weighted by atomic mass is 16.4. The molecule has 4 nitrogen and oxygen atoms in total. The van der Waals surface area contributed by atoms with Gasteiger partial charge >= 0.3 is 5.97 Å². The summed E-state index contributed by atoms with van der Waals surface area (Å²) in [5, 5.41) is 9.13. The number of amides is 1. The van der Waals surface area contributed by atoms with Crippen molar-refractivity contribution in [2.24, 2.45) is 11.3 Å². The third kappa shape index (κ3) is 2.74. The quantitative estimate of drug-likeness (QED) is 0.778. The summed E-state index contributed by atoms with van der Waals surface area (Å²) in [5.41, 5.74) is -0.762. The van der Waals surface area contributed by atoms with Gasteiger partial charge in [0.2, 0.25) is 5.91 Å². The number of carbonyl (C=O) groups excluding carboxylic acids is 1. The summed E-state index contributed by atoms with van der Waals surface area (Å²) in [6, 6.07) is 0. The molecule has 0 radical (unpaired) electrons. The normalized spacial score (nSPS) is 18.0. The molecule has 0 aromatic rings. The summed E-state index contributed by atoms with van der Waals surface area (Å²) in [6.07, 6.45) is 2.37. The maximum absolute atomic E-state index is 11.9. The Hall–Kier alpha value is -1.06. The number of carbonyl (C=O) groups is 2. The number of carboxylic acids is 1. The molecule has 1 saturated carbocycles. The Labute approximate surface area is 96.6 Å². The van der Waals surface area contributed by atoms with E-state index in [0.717, 1.165) is 6.42 Å². The maximum Gasteiger partial charge on any atom is 0.310 e. The van der Waals surface area contributed by atoms with Gasteiger partial charge in [0.05, 0.1) is 5.41 Å². The van der Waals surface area contributed by atoms with Crippen molar-refractivity contribution in [3.8, 4) is 0 Å². The fourth-order valence-electron chi connectivity index (χ4n) is 2.14. The molecule has 0 bridgehead atoms. The van der Waals surface area contributed by atoms with Crippen LogP contribution >= 0.6 is 0 Å². The summed E-state index contributed by atoms with van der Waals surface area (Å²) in [4.78, 5) is 24.6. The predicted octanol–water partition coefficient (Wildman–Crippen LogP) is 1.75. The van der Waals surface area contributed by atoms with Crippen molar-refractivity contribution >= 4 is 11.9 Å². The van der Waals surface area contributed by atoms with Crippen molar-refractivity contribution < 1.29 is 14.7 Å². The second-order valence-corrected chi connectivity index (χ2v) is 5.28. The van der Waals surface area contributed by atoms with Gasteiger partial charge in [0, 0.05) is 20.0 Å². The SMILES string of the molecule is CC(C)CN(C)C(=O)CC1(C(=O)O)CCC1. The van der Waals surface area contributed by atoms with Crippen LogP contribution < -0.4 is 0 Å². The molecular weight excluding hydrogens is 206 g/mol. The second kappa shape index (κ2) is 4.85. The highest BCUT2D eigenvalue weighted by Crippen LogP contribution is 2.44. The summed E-state index contributed by atoms with van der Waals surface area (Å²) >= 11 is 0. The van der Waals surface area contributed by atoms with Gasteiger partial charge in [-0.2, -0.15) is 0 Å². The minimum atomic E-state index is -0.815. The van der Waals surface area contributed by atoms with Gasteiger partial charge in [-0.3, -0.25) is 9.59 Å². The zero-order chi connectivity index (χ0) is 12.3. The lowest BCUT2D eigenvalue weighted by Gasteiger charge is -2.38. The molecule has 1 N–H and O–H groups in total. The van der Waals surface area contributed by atoms with Gasteiger partial charge in [-0.1, -0.05) is 20.3 Å². The third-order valence-electron chi connectivity index (χ3n) is 3.32. The monoisotopic (exact) mass is 227 g/mol. The molecule has 4 heteroatoms. The van der Waals surface area contributed by atoms with E-state index in [1.807, 2.05) is 13.8 Å². The summed E-state index contributed by atoms with van der Waals surface area (Å²) in [6.45, 7) is 4.77. The van der Waals surface area contributed by atoms with Crippen LogP contribution in [0.3, 0.4) is 0 Å². The maximum atomic E-state index is 11.9. The van der Waals surface area contributed by atoms with Crippen molar-refractivity contribution in [2.45, 2.75) is 39.5 Å². The molecule has 1 amide bonds. The average molecular weight is 227 g/mol. The van der Waals surface area contributed by atoms with Crippen molar-refractivity contribution in [1.82, 2.24) is 4.90 Å². The van der Waals surface area contributed by atoms with Crippen molar-refractivity contribution in [2.75, 3.05) is 13.6 Å². The molecule has 0 spiro atoms. The molecule has 1 aliphatic carbocycles. The average Bonchev–Trinajstić information content (AvgIpc) is 2.08. The van der Waals surface area contributed by atoms with Crippen molar-refractivity contribution in [1.29, 1.82) is 0 Å². The Morgan fingerprint density at radius 3 is 2.25 bits per heavy atom. The first-order valence-electron chi connectivity index (χ1n) is 5.85. The van der Waals surface area contributed by atoms with Crippen LogP contribution in [0.1, 0.15) is 39.5 Å². The Kier molecular flexibility index (Phi) is 3.94. The smallest absolute Gasteiger partial charge is 0.310 e. The van der Waals surface area contributed by atoms with E-state index >= 15 is 0 Å². The number of nitrogens with zero attached hydrogens (tertiary/aromatic N) is 1. The van der Waals surface area contributed by atoms with Crippen molar-refractivity contribution in [3.63, 3.8) is 0 Å². The van der Waals surface area contributed by atoms with Crippen LogP contribution in [0.2, 0.25) is 0 Å². The van der Waals surface area contributed by atoms with Crippen LogP contribution in [0.25, 0.3) is 0 Å². The molecule has 92 valence electrons. The van der Waals surface area contributed by atoms with Gasteiger partial charge in [0.1, 0.15) is 0 Å². The molecule has 0 aliphatic heterocycles. The van der Waals surface area contributed by atoms with Crippen LogP contribution in [-0.2, 0) is 9.59 Å². The lowest BCUT2D eigenvalue weighted by Crippen LogP contribution is -2.43. The van der Waals surface area contributed by atoms with E-state index in [4.69, 9.17) is 5.11 Å². The molecule has 0 saturated heterocycles. The molecule has 0 atom stereocenters. The summed E-state index contributed by atoms with van der Waals surface area (Å²) in [5.74, 6) is -0.447. The molecule has 0 aromatic heterocycles. The zero-order valence-electron chi connectivity index (χ0n) is 10.3. The topological polar surface area (TPSA) is 57.6 Å². The summed E-state index contributed by atoms with van der Waals surface area (Å²) < 4.78 is 0. The molecular formula is C12H21NO3. The summed E-state index contributed by atoms with van der Waals surface area (Å²) in [7, 11) is 1.75. The first-order valence-corrected chi connectivity index (χ1v) is 5.85. The number of hydrogen-bond donors (Lipinski definition) is 1. The molecule has 0 aromatic carbocycles. The standard InChI is InChI=1S/C12H21NO3/c1-9(2)8-13(3)10(14)7-12(11(15)16)5-4-6-12/h9H,4-8H2,1-3H3,(H,15,16). The second-order valence-electron chi connectivity index (χ2n) is 5.28. The van der Waals surface area contributed by atoms with E-state index in [1.165, 1.54) is 0 Å². The van der Waals surface area contributed by atoms with Gasteiger partial charge in [-0.25, -0.2) is 0 Å². The van der Waals surface area contributed by atoms with Crippen molar-refractivity contribution in [3.05, 3.63) is 0 Å². The minimum Gasteiger partial charge on any atom is -0.481 e. The van der Waals surface area contributed by atoms with Crippen LogP contribution in [0.15, 0.2) is 0 Å². The van der Waals surface area contributed by atoms with Gasteiger partial charge < -0.3 is 10.0 Å². The highest BCUT2D eigenvalue weighted by Gasteiger charge is 2.46. The molecule has 1 fully saturated rings. The van der Waals surface area contributed by atoms with Crippen LogP contribution in [0.4, 0.5) is 0 Å². The largest absolute Gasteiger partial charge is 0.481 e. The van der Waals surface area contributed by atoms with Gasteiger partial charge in [0.15, 0.2) is 0 Å². The third-order valence-corrected chi connectivity index (χ3v) is 3.32. The van der Waals surface area contributed by atoms with E-state index in [-0.39, 0.29) is 12.3 Å². The highest BCUT2D eigenvalue weighted by molar-refractivity contribution is 5.85. The van der Waals surface area contributed by atoms with Crippen LogP contribution in [-0.4, -0.2) is 35.5 Å².